The molecular formula is C11H20N3O11P3S. The van der Waals surface area contributed by atoms with Crippen molar-refractivity contribution in [3.05, 3.63) is 12.3 Å². The number of hydrogen-bond acceptors (Lipinski definition) is 9. The minimum Gasteiger partial charge on any atom is -0.366 e. The topological polar surface area (TPSA) is 219 Å². The number of rotatable bonds is 10. The maximum Gasteiger partial charge on any atom is 0.488 e. The smallest absolute Gasteiger partial charge is 0.366 e. The average molecular weight is 495 g/mol. The Morgan fingerprint density at radius 2 is 1.97 bits per heavy atom. The number of hydrogen-bond donors (Lipinski definition) is 7. The van der Waals surface area contributed by atoms with E-state index in [0.717, 1.165) is 0 Å². The normalized spacial score (nSPS) is 23.6. The van der Waals surface area contributed by atoms with Gasteiger partial charge in [-0.2, -0.15) is 4.31 Å². The van der Waals surface area contributed by atoms with E-state index in [2.05, 4.69) is 42.9 Å². The van der Waals surface area contributed by atoms with Gasteiger partial charge in [-0.1, -0.05) is 11.8 Å². The first-order valence-corrected chi connectivity index (χ1v) is 13.3. The van der Waals surface area contributed by atoms with Gasteiger partial charge in [-0.15, -0.1) is 0 Å². The van der Waals surface area contributed by atoms with Crippen molar-refractivity contribution >= 4 is 40.2 Å². The largest absolute Gasteiger partial charge is 0.488 e. The maximum absolute atomic E-state index is 11.4. The molecule has 0 saturated carbocycles. The molecule has 0 spiro atoms. The third-order valence-corrected chi connectivity index (χ3v) is 7.57. The molecule has 0 aromatic heterocycles. The molecule has 4 atom stereocenters. The lowest BCUT2D eigenvalue weighted by Gasteiger charge is -2.20. The Morgan fingerprint density at radius 3 is 2.59 bits per heavy atom. The molecule has 1 aliphatic rings. The third kappa shape index (κ3) is 13.1. The van der Waals surface area contributed by atoms with E-state index in [1.165, 1.54) is 12.3 Å². The molecule has 2 amide bonds. The lowest BCUT2D eigenvalue weighted by atomic mass is 10.2. The van der Waals surface area contributed by atoms with E-state index in [9.17, 15) is 23.7 Å². The number of nitrogens with two attached hydrogens (primary N) is 1. The van der Waals surface area contributed by atoms with Crippen LogP contribution in [-0.4, -0.2) is 51.1 Å². The molecule has 18 heteroatoms. The monoisotopic (exact) mass is 495 g/mol. The summed E-state index contributed by atoms with van der Waals surface area (Å²) < 4.78 is 40.0. The summed E-state index contributed by atoms with van der Waals surface area (Å²) in [4.78, 5) is 46.3. The number of allylic oxidation sites excluding steroid dienone is 1. The van der Waals surface area contributed by atoms with E-state index in [0.29, 0.717) is 12.8 Å². The molecule has 29 heavy (non-hydrogen) atoms. The molecule has 1 aliphatic heterocycles. The maximum atomic E-state index is 11.4. The molecule has 1 heterocycles. The van der Waals surface area contributed by atoms with Gasteiger partial charge in [0.2, 0.25) is 0 Å². The molecule has 0 radical (unpaired) electrons. The molecule has 166 valence electrons. The van der Waals surface area contributed by atoms with Crippen LogP contribution in [0.25, 0.3) is 0 Å². The van der Waals surface area contributed by atoms with Gasteiger partial charge in [0.05, 0.1) is 19.3 Å². The molecular weight excluding hydrogens is 475 g/mol. The second kappa shape index (κ2) is 11.5. The van der Waals surface area contributed by atoms with Gasteiger partial charge in [-0.25, -0.2) is 18.2 Å². The summed E-state index contributed by atoms with van der Waals surface area (Å²) in [6.45, 7) is -4.53. The van der Waals surface area contributed by atoms with Gasteiger partial charge in [-0.3, -0.25) is 0 Å². The molecule has 1 rings (SSSR count). The number of carbonyl (C=O) groups is 1. The van der Waals surface area contributed by atoms with E-state index < -0.39 is 40.7 Å². The van der Waals surface area contributed by atoms with Crippen LogP contribution in [0.15, 0.2) is 12.3 Å². The second-order valence-corrected chi connectivity index (χ2v) is 11.1. The number of phosphoric acid groups is 2. The summed E-state index contributed by atoms with van der Waals surface area (Å²) in [6, 6.07) is -0.677. The third-order valence-electron chi connectivity index (χ3n) is 2.85. The minimum absolute atomic E-state index is 0.105. The molecule has 0 aliphatic carbocycles. The number of amides is 2. The number of primary amides is 1. The first kappa shape index (κ1) is 26.2. The fourth-order valence-electron chi connectivity index (χ4n) is 1.87. The van der Waals surface area contributed by atoms with Crippen molar-refractivity contribution in [2.24, 2.45) is 5.73 Å². The molecule has 0 aromatic carbocycles. The standard InChI is InChI=1S/C11H20N3O11P3S/c12-11(15)14-7-3-1-2-6-13-10-5-4-9(23-10)8-22-28(21,29)25-27(19,20)24-26(16,17)18/h2,6,9-10,13H,4-5,7-8H2,(H,19,20)(H,21,29)(H3,12,14,15)(H2,16,17,18)/b6-2+/t9-,10+,28?/m0/s1. The van der Waals surface area contributed by atoms with Crippen molar-refractivity contribution < 1.29 is 51.4 Å². The molecule has 8 N–H and O–H groups in total. The molecule has 1 fully saturated rings. The van der Waals surface area contributed by atoms with Gasteiger partial charge in [0.1, 0.15) is 6.23 Å². The molecule has 14 nitrogen and oxygen atoms in total. The summed E-state index contributed by atoms with van der Waals surface area (Å²) in [7, 11) is -10.7. The SMILES string of the molecule is NC(=O)NCC#C/C=C/N[C@H]1CC[C@@H](COP(O)(=S)OP(=O)(O)OP(=O)(O)O)O1. The van der Waals surface area contributed by atoms with Crippen LogP contribution in [0.5, 0.6) is 0 Å². The average Bonchev–Trinajstić information content (AvgIpc) is 2.96. The zero-order valence-electron chi connectivity index (χ0n) is 14.6. The Labute approximate surface area is 170 Å². The van der Waals surface area contributed by atoms with Gasteiger partial charge in [-0.05, 0) is 24.6 Å². The van der Waals surface area contributed by atoms with Crippen LogP contribution in [0.2, 0.25) is 0 Å². The lowest BCUT2D eigenvalue weighted by Crippen LogP contribution is -2.29. The Kier molecular flexibility index (Phi) is 10.4. The van der Waals surface area contributed by atoms with Crippen molar-refractivity contribution in [1.82, 2.24) is 10.6 Å². The van der Waals surface area contributed by atoms with Crippen LogP contribution < -0.4 is 16.4 Å². The quantitative estimate of drug-likeness (QED) is 0.153. The molecule has 1 saturated heterocycles. The molecule has 2 unspecified atom stereocenters. The van der Waals surface area contributed by atoms with Gasteiger partial charge in [0.25, 0.3) is 0 Å². The van der Waals surface area contributed by atoms with E-state index in [-0.39, 0.29) is 13.2 Å². The second-order valence-electron chi connectivity index (χ2n) is 5.25. The van der Waals surface area contributed by atoms with Crippen LogP contribution in [0, 0.1) is 11.8 Å². The molecule has 0 bridgehead atoms. The molecule has 0 aromatic rings. The van der Waals surface area contributed by atoms with Crippen LogP contribution in [0.3, 0.4) is 0 Å². The zero-order valence-corrected chi connectivity index (χ0v) is 18.1. The summed E-state index contributed by atoms with van der Waals surface area (Å²) in [5, 5.41) is 5.19. The van der Waals surface area contributed by atoms with Crippen LogP contribution >= 0.6 is 22.4 Å². The summed E-state index contributed by atoms with van der Waals surface area (Å²) in [5.41, 5.74) is 4.87. The first-order chi connectivity index (χ1) is 13.3. The number of urea groups is 1. The highest BCUT2D eigenvalue weighted by Gasteiger charge is 2.38. The van der Waals surface area contributed by atoms with E-state index in [1.54, 1.807) is 0 Å². The number of ether oxygens (including phenoxy) is 1. The number of carbonyl (C=O) groups excluding carboxylic acids is 1. The Hall–Kier alpha value is -0.840. The van der Waals surface area contributed by atoms with E-state index >= 15 is 0 Å². The van der Waals surface area contributed by atoms with Crippen molar-refractivity contribution in [3.8, 4) is 11.8 Å². The fourth-order valence-corrected chi connectivity index (χ4v) is 5.86. The fraction of sp³-hybridized carbons (Fsp3) is 0.545. The van der Waals surface area contributed by atoms with Crippen molar-refractivity contribution in [2.45, 2.75) is 25.2 Å². The lowest BCUT2D eigenvalue weighted by molar-refractivity contribution is 0.00624. The van der Waals surface area contributed by atoms with Gasteiger partial charge in [0, 0.05) is 12.3 Å². The minimum atomic E-state index is -5.35. The highest BCUT2D eigenvalue weighted by atomic mass is 32.5. The van der Waals surface area contributed by atoms with Crippen molar-refractivity contribution in [2.75, 3.05) is 13.2 Å². The van der Waals surface area contributed by atoms with Crippen LogP contribution in [-0.2, 0) is 38.8 Å². The van der Waals surface area contributed by atoms with E-state index in [4.69, 9.17) is 24.8 Å². The Morgan fingerprint density at radius 1 is 1.28 bits per heavy atom. The van der Waals surface area contributed by atoms with Gasteiger partial charge in [0.15, 0.2) is 0 Å². The highest BCUT2D eigenvalue weighted by Crippen LogP contribution is 2.66. The Balaban J connectivity index is 2.36. The highest BCUT2D eigenvalue weighted by molar-refractivity contribution is 8.08. The Bertz CT molecular complexity index is 807. The summed E-state index contributed by atoms with van der Waals surface area (Å²) >= 11 is 4.51. The predicted octanol–water partition coefficient (Wildman–Crippen LogP) is -0.274. The zero-order chi connectivity index (χ0) is 22.1. The summed E-state index contributed by atoms with van der Waals surface area (Å²) in [5.74, 6) is 5.26. The van der Waals surface area contributed by atoms with E-state index in [1.807, 2.05) is 0 Å². The summed E-state index contributed by atoms with van der Waals surface area (Å²) in [6.07, 6.45) is 3.12. The number of nitrogens with one attached hydrogen (secondary N) is 2. The van der Waals surface area contributed by atoms with Gasteiger partial charge >= 0.3 is 28.4 Å². The predicted molar refractivity (Wildman–Crippen MR) is 102 cm³/mol. The first-order valence-electron chi connectivity index (χ1n) is 7.64. The van der Waals surface area contributed by atoms with Crippen LogP contribution in [0.1, 0.15) is 12.8 Å². The van der Waals surface area contributed by atoms with Crippen LogP contribution in [0.4, 0.5) is 4.79 Å². The van der Waals surface area contributed by atoms with Gasteiger partial charge < -0.3 is 45.2 Å². The van der Waals surface area contributed by atoms with Crippen molar-refractivity contribution in [3.63, 3.8) is 0 Å². The van der Waals surface area contributed by atoms with Crippen molar-refractivity contribution in [1.29, 1.82) is 0 Å².